The third-order valence-corrected chi connectivity index (χ3v) is 3.97. The molecule has 126 valence electrons. The summed E-state index contributed by atoms with van der Waals surface area (Å²) in [6.45, 7) is 0. The minimum Gasteiger partial charge on any atom is -0.449 e. The van der Waals surface area contributed by atoms with Crippen LogP contribution in [0, 0.1) is 11.6 Å². The van der Waals surface area contributed by atoms with Crippen LogP contribution >= 0.6 is 11.6 Å². The number of carbonyl (C=O) groups excluding carboxylic acids is 1. The largest absolute Gasteiger partial charge is 0.449 e. The summed E-state index contributed by atoms with van der Waals surface area (Å²) in [7, 11) is 0. The molecule has 3 aromatic carbocycles. The molecule has 25 heavy (non-hydrogen) atoms. The van der Waals surface area contributed by atoms with E-state index in [1.165, 1.54) is 0 Å². The summed E-state index contributed by atoms with van der Waals surface area (Å²) in [6.07, 6.45) is -0.695. The summed E-state index contributed by atoms with van der Waals surface area (Å²) >= 11 is 5.86. The smallest absolute Gasteiger partial charge is 0.340 e. The fraction of sp³-hybridized carbons (Fsp3) is 0.0500. The summed E-state index contributed by atoms with van der Waals surface area (Å²) in [5.74, 6) is -3.11. The average Bonchev–Trinajstić information content (AvgIpc) is 2.64. The molecule has 0 unspecified atom stereocenters. The lowest BCUT2D eigenvalue weighted by Crippen LogP contribution is -2.14. The minimum absolute atomic E-state index is 0.205. The fourth-order valence-corrected chi connectivity index (χ4v) is 2.66. The van der Waals surface area contributed by atoms with E-state index in [0.29, 0.717) is 0 Å². The van der Waals surface area contributed by atoms with Crippen LogP contribution in [0.3, 0.4) is 0 Å². The summed E-state index contributed by atoms with van der Waals surface area (Å²) in [6, 6.07) is 19.8. The second-order valence-corrected chi connectivity index (χ2v) is 5.76. The van der Waals surface area contributed by atoms with Crippen LogP contribution in [0.1, 0.15) is 27.6 Å². The molecular formula is C20H13ClF2O2. The molecule has 0 aliphatic rings. The number of hydrogen-bond acceptors (Lipinski definition) is 2. The Morgan fingerprint density at radius 2 is 1.32 bits per heavy atom. The normalized spacial score (nSPS) is 10.7. The van der Waals surface area contributed by atoms with Gasteiger partial charge in [-0.05, 0) is 23.3 Å². The van der Waals surface area contributed by atoms with Gasteiger partial charge in [0.2, 0.25) is 0 Å². The summed E-state index contributed by atoms with van der Waals surface area (Å²) in [5, 5.41) is -0.205. The highest BCUT2D eigenvalue weighted by molar-refractivity contribution is 6.33. The molecule has 3 rings (SSSR count). The zero-order valence-electron chi connectivity index (χ0n) is 13.0. The first-order chi connectivity index (χ1) is 12.1. The van der Waals surface area contributed by atoms with Gasteiger partial charge in [-0.15, -0.1) is 0 Å². The predicted octanol–water partition coefficient (Wildman–Crippen LogP) is 5.56. The van der Waals surface area contributed by atoms with Gasteiger partial charge in [-0.25, -0.2) is 13.6 Å². The Morgan fingerprint density at radius 3 is 1.84 bits per heavy atom. The Morgan fingerprint density at radius 1 is 0.840 bits per heavy atom. The third-order valence-electron chi connectivity index (χ3n) is 3.66. The molecule has 0 aliphatic heterocycles. The van der Waals surface area contributed by atoms with Crippen molar-refractivity contribution in [2.24, 2.45) is 0 Å². The minimum atomic E-state index is -1.16. The molecule has 0 heterocycles. The molecule has 5 heteroatoms. The maximum Gasteiger partial charge on any atom is 0.340 e. The number of rotatable bonds is 4. The molecule has 0 atom stereocenters. The summed E-state index contributed by atoms with van der Waals surface area (Å²) < 4.78 is 32.2. The van der Waals surface area contributed by atoms with Crippen LogP contribution in [0.15, 0.2) is 72.8 Å². The third kappa shape index (κ3) is 3.86. The average molecular weight is 359 g/mol. The van der Waals surface area contributed by atoms with Crippen LogP contribution in [0.5, 0.6) is 0 Å². The molecule has 0 aromatic heterocycles. The monoisotopic (exact) mass is 358 g/mol. The first-order valence-electron chi connectivity index (χ1n) is 7.51. The van der Waals surface area contributed by atoms with Crippen molar-refractivity contribution in [1.29, 1.82) is 0 Å². The maximum atomic E-state index is 13.5. The van der Waals surface area contributed by atoms with Crippen molar-refractivity contribution >= 4 is 17.6 Å². The molecule has 0 bridgehead atoms. The van der Waals surface area contributed by atoms with Gasteiger partial charge in [0.1, 0.15) is 0 Å². The van der Waals surface area contributed by atoms with Gasteiger partial charge in [0.25, 0.3) is 0 Å². The molecule has 0 saturated heterocycles. The maximum absolute atomic E-state index is 13.5. The molecule has 3 aromatic rings. The van der Waals surface area contributed by atoms with Crippen molar-refractivity contribution in [3.8, 4) is 0 Å². The van der Waals surface area contributed by atoms with E-state index in [4.69, 9.17) is 16.3 Å². The van der Waals surface area contributed by atoms with E-state index in [9.17, 15) is 13.6 Å². The lowest BCUT2D eigenvalue weighted by Gasteiger charge is -2.19. The van der Waals surface area contributed by atoms with Crippen LogP contribution in [-0.4, -0.2) is 5.97 Å². The molecule has 0 aliphatic carbocycles. The number of carbonyl (C=O) groups is 1. The molecule has 0 radical (unpaired) electrons. The van der Waals surface area contributed by atoms with Crippen LogP contribution < -0.4 is 0 Å². The van der Waals surface area contributed by atoms with Gasteiger partial charge in [0, 0.05) is 0 Å². The van der Waals surface area contributed by atoms with Crippen LogP contribution in [0.4, 0.5) is 8.78 Å². The Hall–Kier alpha value is -2.72. The molecule has 0 fully saturated rings. The van der Waals surface area contributed by atoms with Gasteiger partial charge in [-0.2, -0.15) is 0 Å². The zero-order valence-corrected chi connectivity index (χ0v) is 13.7. The Bertz CT molecular complexity index is 843. The second-order valence-electron chi connectivity index (χ2n) is 5.35. The van der Waals surface area contributed by atoms with Crippen LogP contribution in [-0.2, 0) is 4.74 Å². The van der Waals surface area contributed by atoms with E-state index in [2.05, 4.69) is 0 Å². The quantitative estimate of drug-likeness (QED) is 0.450. The van der Waals surface area contributed by atoms with Crippen molar-refractivity contribution in [2.45, 2.75) is 6.10 Å². The summed E-state index contributed by atoms with van der Waals surface area (Å²) in [4.78, 5) is 12.5. The highest BCUT2D eigenvalue weighted by Crippen LogP contribution is 2.29. The summed E-state index contributed by atoms with van der Waals surface area (Å²) in [5.41, 5.74) is 1.28. The number of esters is 1. The lowest BCUT2D eigenvalue weighted by molar-refractivity contribution is 0.0377. The van der Waals surface area contributed by atoms with E-state index in [1.54, 1.807) is 0 Å². The van der Waals surface area contributed by atoms with Gasteiger partial charge in [0.15, 0.2) is 17.7 Å². The Labute approximate surface area is 148 Å². The van der Waals surface area contributed by atoms with E-state index in [-0.39, 0.29) is 10.6 Å². The van der Waals surface area contributed by atoms with Gasteiger partial charge in [-0.1, -0.05) is 72.3 Å². The standard InChI is InChI=1S/C20H13ClF2O2/c21-16-12-18(23)17(22)11-15(16)20(24)25-19(13-7-3-1-4-8-13)14-9-5-2-6-10-14/h1-12,19H. The van der Waals surface area contributed by atoms with E-state index < -0.39 is 23.7 Å². The van der Waals surface area contributed by atoms with Crippen molar-refractivity contribution < 1.29 is 18.3 Å². The molecular weight excluding hydrogens is 346 g/mol. The molecule has 0 N–H and O–H groups in total. The van der Waals surface area contributed by atoms with Crippen molar-refractivity contribution in [2.75, 3.05) is 0 Å². The van der Waals surface area contributed by atoms with Crippen molar-refractivity contribution in [1.82, 2.24) is 0 Å². The molecule has 2 nitrogen and oxygen atoms in total. The van der Waals surface area contributed by atoms with Gasteiger partial charge >= 0.3 is 5.97 Å². The van der Waals surface area contributed by atoms with Crippen LogP contribution in [0.25, 0.3) is 0 Å². The highest BCUT2D eigenvalue weighted by atomic mass is 35.5. The zero-order chi connectivity index (χ0) is 17.8. The Kier molecular flexibility index (Phi) is 5.10. The highest BCUT2D eigenvalue weighted by Gasteiger charge is 2.22. The number of benzene rings is 3. The molecule has 0 amide bonds. The SMILES string of the molecule is O=C(OC(c1ccccc1)c1ccccc1)c1cc(F)c(F)cc1Cl. The van der Waals surface area contributed by atoms with Gasteiger partial charge in [-0.3, -0.25) is 0 Å². The molecule has 0 saturated carbocycles. The first kappa shape index (κ1) is 17.1. The predicted molar refractivity (Wildman–Crippen MR) is 91.5 cm³/mol. The number of halogens is 3. The lowest BCUT2D eigenvalue weighted by atomic mass is 10.0. The number of ether oxygens (including phenoxy) is 1. The topological polar surface area (TPSA) is 26.3 Å². The molecule has 0 spiro atoms. The van der Waals surface area contributed by atoms with E-state index >= 15 is 0 Å². The number of hydrogen-bond donors (Lipinski definition) is 0. The van der Waals surface area contributed by atoms with E-state index in [1.807, 2.05) is 60.7 Å². The van der Waals surface area contributed by atoms with Gasteiger partial charge in [0.05, 0.1) is 10.6 Å². The van der Waals surface area contributed by atoms with Crippen LogP contribution in [0.2, 0.25) is 5.02 Å². The van der Waals surface area contributed by atoms with E-state index in [0.717, 1.165) is 23.3 Å². The van der Waals surface area contributed by atoms with Gasteiger partial charge < -0.3 is 4.74 Å². The van der Waals surface area contributed by atoms with Crippen molar-refractivity contribution in [3.05, 3.63) is 106 Å². The second kappa shape index (κ2) is 7.45. The fourth-order valence-electron chi connectivity index (χ4n) is 2.43. The van der Waals surface area contributed by atoms with Crippen molar-refractivity contribution in [3.63, 3.8) is 0 Å². The Balaban J connectivity index is 1.96. The first-order valence-corrected chi connectivity index (χ1v) is 7.89.